The molecule has 15 heavy (non-hydrogen) atoms. The van der Waals surface area contributed by atoms with Crippen LogP contribution in [0.15, 0.2) is 0 Å². The van der Waals surface area contributed by atoms with E-state index in [1.54, 1.807) is 0 Å². The minimum absolute atomic E-state index is 0.217. The molecule has 0 heterocycles. The van der Waals surface area contributed by atoms with E-state index in [9.17, 15) is 4.79 Å². The fourth-order valence-corrected chi connectivity index (χ4v) is 1.92. The maximum atomic E-state index is 11.1. The lowest BCUT2D eigenvalue weighted by atomic mass is 9.61. The molecule has 0 spiro atoms. The molecule has 0 saturated carbocycles. The molecule has 0 aliphatic rings. The van der Waals surface area contributed by atoms with Gasteiger partial charge in [-0.25, -0.2) is 0 Å². The minimum atomic E-state index is -0.217. The van der Waals surface area contributed by atoms with Gasteiger partial charge < -0.3 is 4.79 Å². The van der Waals surface area contributed by atoms with Crippen molar-refractivity contribution < 1.29 is 4.79 Å². The predicted octanol–water partition coefficient (Wildman–Crippen LogP) is 4.17. The summed E-state index contributed by atoms with van der Waals surface area (Å²) in [6.45, 7) is 17.7. The monoisotopic (exact) mass is 212 g/mol. The first-order valence-corrected chi connectivity index (χ1v) is 6.03. The van der Waals surface area contributed by atoms with Crippen molar-refractivity contribution in [3.8, 4) is 0 Å². The van der Waals surface area contributed by atoms with E-state index in [-0.39, 0.29) is 10.8 Å². The summed E-state index contributed by atoms with van der Waals surface area (Å²) in [4.78, 5) is 11.1. The Labute approximate surface area is 95.6 Å². The van der Waals surface area contributed by atoms with Gasteiger partial charge >= 0.3 is 0 Å². The van der Waals surface area contributed by atoms with Crippen LogP contribution in [0.4, 0.5) is 0 Å². The summed E-state index contributed by atoms with van der Waals surface area (Å²) in [6.07, 6.45) is 1.10. The quantitative estimate of drug-likeness (QED) is 0.625. The van der Waals surface area contributed by atoms with Gasteiger partial charge in [0.05, 0.1) is 0 Å². The first kappa shape index (κ1) is 14.7. The van der Waals surface area contributed by atoms with Crippen molar-refractivity contribution in [2.75, 3.05) is 0 Å². The summed E-state index contributed by atoms with van der Waals surface area (Å²) in [7, 11) is 0. The first-order valence-electron chi connectivity index (χ1n) is 6.03. The van der Waals surface area contributed by atoms with Crippen molar-refractivity contribution in [3.05, 3.63) is 0 Å². The molecule has 0 aromatic carbocycles. The van der Waals surface area contributed by atoms with Crippen molar-refractivity contribution in [1.82, 2.24) is 0 Å². The van der Waals surface area contributed by atoms with Gasteiger partial charge in [-0.1, -0.05) is 55.4 Å². The number of carbonyl (C=O) groups is 1. The molecule has 1 nitrogen and oxygen atoms in total. The van der Waals surface area contributed by atoms with Crippen LogP contribution in [0, 0.1) is 28.6 Å². The van der Waals surface area contributed by atoms with E-state index < -0.39 is 0 Å². The zero-order valence-electron chi connectivity index (χ0n) is 11.7. The highest BCUT2D eigenvalue weighted by Crippen LogP contribution is 2.44. The van der Waals surface area contributed by atoms with Crippen LogP contribution < -0.4 is 0 Å². The van der Waals surface area contributed by atoms with E-state index >= 15 is 0 Å². The number of hydrogen-bond donors (Lipinski definition) is 0. The highest BCUT2D eigenvalue weighted by Gasteiger charge is 2.39. The molecule has 0 rings (SSSR count). The van der Waals surface area contributed by atoms with E-state index in [0.29, 0.717) is 17.8 Å². The fraction of sp³-hybridized carbons (Fsp3) is 0.929. The van der Waals surface area contributed by atoms with Gasteiger partial charge in [0, 0.05) is 5.41 Å². The van der Waals surface area contributed by atoms with Gasteiger partial charge in [0.1, 0.15) is 6.29 Å². The summed E-state index contributed by atoms with van der Waals surface area (Å²) >= 11 is 0. The van der Waals surface area contributed by atoms with Gasteiger partial charge in [-0.05, 0) is 23.2 Å². The fourth-order valence-electron chi connectivity index (χ4n) is 1.92. The second-order valence-electron chi connectivity index (χ2n) is 6.49. The molecule has 90 valence electrons. The largest absolute Gasteiger partial charge is 0.303 e. The van der Waals surface area contributed by atoms with Gasteiger partial charge in [0.25, 0.3) is 0 Å². The van der Waals surface area contributed by atoms with Gasteiger partial charge in [0.2, 0.25) is 0 Å². The van der Waals surface area contributed by atoms with Crippen LogP contribution in [0.5, 0.6) is 0 Å². The number of carbonyl (C=O) groups excluding carboxylic acids is 1. The highest BCUT2D eigenvalue weighted by molar-refractivity contribution is 5.58. The molecule has 0 bridgehead atoms. The molecule has 0 aromatic rings. The lowest BCUT2D eigenvalue weighted by Gasteiger charge is -2.43. The van der Waals surface area contributed by atoms with Crippen LogP contribution in [0.2, 0.25) is 0 Å². The lowest BCUT2D eigenvalue weighted by molar-refractivity contribution is -0.119. The smallest absolute Gasteiger partial charge is 0.125 e. The van der Waals surface area contributed by atoms with E-state index in [1.165, 1.54) is 0 Å². The van der Waals surface area contributed by atoms with Crippen molar-refractivity contribution >= 4 is 6.29 Å². The standard InChI is InChI=1S/C14H28O/c1-10(2)14(7,8)12(4)11(3)13(5,6)9-15/h9-12H,1-8H3/t11-,12?/m0/s1. The summed E-state index contributed by atoms with van der Waals surface area (Å²) in [5.74, 6) is 1.59. The van der Waals surface area contributed by atoms with Crippen LogP contribution in [-0.2, 0) is 4.79 Å². The van der Waals surface area contributed by atoms with E-state index in [2.05, 4.69) is 41.5 Å². The number of rotatable bonds is 5. The second-order valence-corrected chi connectivity index (χ2v) is 6.49. The third-order valence-electron chi connectivity index (χ3n) is 4.89. The Hall–Kier alpha value is -0.330. The van der Waals surface area contributed by atoms with E-state index in [1.807, 2.05) is 13.8 Å². The van der Waals surface area contributed by atoms with Crippen LogP contribution >= 0.6 is 0 Å². The zero-order valence-corrected chi connectivity index (χ0v) is 11.7. The Kier molecular flexibility index (Phi) is 4.57. The van der Waals surface area contributed by atoms with E-state index in [0.717, 1.165) is 6.29 Å². The van der Waals surface area contributed by atoms with Crippen molar-refractivity contribution in [3.63, 3.8) is 0 Å². The number of hydrogen-bond acceptors (Lipinski definition) is 1. The van der Waals surface area contributed by atoms with Crippen molar-refractivity contribution in [2.45, 2.75) is 55.4 Å². The molecule has 1 heteroatoms. The van der Waals surface area contributed by atoms with Gasteiger partial charge in [0.15, 0.2) is 0 Å². The lowest BCUT2D eigenvalue weighted by Crippen LogP contribution is -2.38. The molecular weight excluding hydrogens is 184 g/mol. The van der Waals surface area contributed by atoms with E-state index in [4.69, 9.17) is 0 Å². The molecule has 0 amide bonds. The average molecular weight is 212 g/mol. The Morgan fingerprint density at radius 2 is 1.27 bits per heavy atom. The zero-order chi connectivity index (χ0) is 12.4. The topological polar surface area (TPSA) is 17.1 Å². The Balaban J connectivity index is 4.86. The molecular formula is C14H28O. The van der Waals surface area contributed by atoms with Crippen LogP contribution in [-0.4, -0.2) is 6.29 Å². The van der Waals surface area contributed by atoms with Crippen LogP contribution in [0.1, 0.15) is 55.4 Å². The Morgan fingerprint density at radius 3 is 1.53 bits per heavy atom. The molecule has 0 aliphatic carbocycles. The molecule has 0 aromatic heterocycles. The van der Waals surface area contributed by atoms with Crippen LogP contribution in [0.25, 0.3) is 0 Å². The highest BCUT2D eigenvalue weighted by atomic mass is 16.1. The van der Waals surface area contributed by atoms with Crippen LogP contribution in [0.3, 0.4) is 0 Å². The van der Waals surface area contributed by atoms with Gasteiger partial charge in [-0.15, -0.1) is 0 Å². The molecule has 0 fully saturated rings. The third kappa shape index (κ3) is 3.06. The molecule has 0 radical (unpaired) electrons. The maximum Gasteiger partial charge on any atom is 0.125 e. The second kappa shape index (κ2) is 4.67. The predicted molar refractivity (Wildman–Crippen MR) is 66.8 cm³/mol. The minimum Gasteiger partial charge on any atom is -0.303 e. The van der Waals surface area contributed by atoms with Crippen molar-refractivity contribution in [1.29, 1.82) is 0 Å². The maximum absolute atomic E-state index is 11.1. The Bertz CT molecular complexity index is 213. The molecule has 1 unspecified atom stereocenters. The summed E-state index contributed by atoms with van der Waals surface area (Å²) in [5, 5.41) is 0. The number of aldehydes is 1. The molecule has 0 N–H and O–H groups in total. The summed E-state index contributed by atoms with van der Waals surface area (Å²) < 4.78 is 0. The average Bonchev–Trinajstić information content (AvgIpc) is 2.15. The Morgan fingerprint density at radius 1 is 0.867 bits per heavy atom. The summed E-state index contributed by atoms with van der Waals surface area (Å²) in [6, 6.07) is 0. The third-order valence-corrected chi connectivity index (χ3v) is 4.89. The first-order chi connectivity index (χ1) is 6.57. The summed E-state index contributed by atoms with van der Waals surface area (Å²) in [5.41, 5.74) is 0.0608. The van der Waals surface area contributed by atoms with Crippen molar-refractivity contribution in [2.24, 2.45) is 28.6 Å². The molecule has 0 saturated heterocycles. The normalized spacial score (nSPS) is 17.7. The molecule has 0 aliphatic heterocycles. The van der Waals surface area contributed by atoms with Gasteiger partial charge in [-0.2, -0.15) is 0 Å². The SMILES string of the molecule is CC(C)C(C)(C)C(C)[C@H](C)C(C)(C)C=O. The van der Waals surface area contributed by atoms with Gasteiger partial charge in [-0.3, -0.25) is 0 Å². The molecule has 2 atom stereocenters.